The third kappa shape index (κ3) is 3.49. The van der Waals surface area contributed by atoms with Crippen molar-refractivity contribution in [3.8, 4) is 11.3 Å². The van der Waals surface area contributed by atoms with Crippen molar-refractivity contribution in [2.45, 2.75) is 20.5 Å². The molecule has 1 aromatic heterocycles. The Bertz CT molecular complexity index is 590. The second kappa shape index (κ2) is 6.08. The van der Waals surface area contributed by atoms with Crippen molar-refractivity contribution in [3.63, 3.8) is 0 Å². The largest absolute Gasteiger partial charge is 0.374 e. The van der Waals surface area contributed by atoms with Gasteiger partial charge in [0.1, 0.15) is 17.6 Å². The van der Waals surface area contributed by atoms with Crippen LogP contribution in [0.15, 0.2) is 24.3 Å². The van der Waals surface area contributed by atoms with E-state index < -0.39 is 0 Å². The van der Waals surface area contributed by atoms with E-state index in [0.717, 1.165) is 5.56 Å². The molecule has 0 aliphatic rings. The number of aryl methyl sites for hydroxylation is 1. The minimum absolute atomic E-state index is 0.238. The molecule has 1 heterocycles. The van der Waals surface area contributed by atoms with Crippen LogP contribution in [0.1, 0.15) is 18.3 Å². The van der Waals surface area contributed by atoms with Crippen LogP contribution in [0.25, 0.3) is 11.3 Å². The van der Waals surface area contributed by atoms with Crippen LogP contribution in [-0.4, -0.2) is 16.6 Å². The van der Waals surface area contributed by atoms with Crippen molar-refractivity contribution in [2.75, 3.05) is 6.61 Å². The first kappa shape index (κ1) is 13.9. The Hall–Kier alpha value is -1.52. The average Bonchev–Trinajstić information content (AvgIpc) is 2.39. The van der Waals surface area contributed by atoms with Gasteiger partial charge in [-0.2, -0.15) is 0 Å². The maximum Gasteiger partial charge on any atom is 0.156 e. The molecule has 3 nitrogen and oxygen atoms in total. The third-order valence-electron chi connectivity index (χ3n) is 2.63. The summed E-state index contributed by atoms with van der Waals surface area (Å²) >= 11 is 5.97. The molecule has 2 rings (SSSR count). The average molecular weight is 281 g/mol. The quantitative estimate of drug-likeness (QED) is 0.800. The molecular weight excluding hydrogens is 267 g/mol. The second-order valence-corrected chi connectivity index (χ2v) is 4.48. The minimum atomic E-state index is -0.238. The number of benzene rings is 1. The summed E-state index contributed by atoms with van der Waals surface area (Å²) in [7, 11) is 0. The lowest BCUT2D eigenvalue weighted by Crippen LogP contribution is -2.01. The lowest BCUT2D eigenvalue weighted by molar-refractivity contribution is 0.128. The molecule has 0 unspecified atom stereocenters. The van der Waals surface area contributed by atoms with Crippen LogP contribution in [0.4, 0.5) is 4.39 Å². The number of hydrogen-bond acceptors (Lipinski definition) is 3. The molecule has 0 aliphatic carbocycles. The Morgan fingerprint density at radius 1 is 1.26 bits per heavy atom. The second-order valence-electron chi connectivity index (χ2n) is 4.09. The molecule has 19 heavy (non-hydrogen) atoms. The highest BCUT2D eigenvalue weighted by Crippen LogP contribution is 2.22. The summed E-state index contributed by atoms with van der Waals surface area (Å²) in [5, 5.41) is 0.349. The van der Waals surface area contributed by atoms with Crippen LogP contribution in [0.2, 0.25) is 5.15 Å². The van der Waals surface area contributed by atoms with Gasteiger partial charge in [-0.1, -0.05) is 11.6 Å². The van der Waals surface area contributed by atoms with Gasteiger partial charge in [0.25, 0.3) is 0 Å². The highest BCUT2D eigenvalue weighted by atomic mass is 35.5. The van der Waals surface area contributed by atoms with E-state index in [1.165, 1.54) is 6.07 Å². The minimum Gasteiger partial charge on any atom is -0.374 e. The maximum absolute atomic E-state index is 13.3. The van der Waals surface area contributed by atoms with Gasteiger partial charge in [0.05, 0.1) is 5.69 Å². The summed E-state index contributed by atoms with van der Waals surface area (Å²) in [4.78, 5) is 8.46. The Balaban J connectivity index is 2.37. The summed E-state index contributed by atoms with van der Waals surface area (Å²) in [6.07, 6.45) is 0. The zero-order valence-corrected chi connectivity index (χ0v) is 11.5. The monoisotopic (exact) mass is 280 g/mol. The van der Waals surface area contributed by atoms with Crippen molar-refractivity contribution < 1.29 is 9.13 Å². The Morgan fingerprint density at radius 2 is 2.05 bits per heavy atom. The summed E-state index contributed by atoms with van der Waals surface area (Å²) in [6.45, 7) is 4.50. The van der Waals surface area contributed by atoms with Crippen molar-refractivity contribution in [2.24, 2.45) is 0 Å². The molecule has 2 aromatic rings. The summed E-state index contributed by atoms with van der Waals surface area (Å²) in [6, 6.07) is 6.48. The number of rotatable bonds is 4. The molecule has 0 saturated heterocycles. The summed E-state index contributed by atoms with van der Waals surface area (Å²) in [5.74, 6) is 0.282. The van der Waals surface area contributed by atoms with Gasteiger partial charge in [-0.05, 0) is 37.6 Å². The van der Waals surface area contributed by atoms with Crippen LogP contribution in [0.5, 0.6) is 0 Å². The first-order valence-electron chi connectivity index (χ1n) is 5.98. The molecule has 0 saturated carbocycles. The molecule has 0 bridgehead atoms. The predicted octanol–water partition coefficient (Wildman–Crippen LogP) is 3.78. The first-order chi connectivity index (χ1) is 9.10. The Morgan fingerprint density at radius 3 is 2.74 bits per heavy atom. The SMILES string of the molecule is CCOCc1nc(Cl)cc(-c2ccc(F)c(C)c2)n1. The van der Waals surface area contributed by atoms with Gasteiger partial charge in [-0.3, -0.25) is 0 Å². The van der Waals surface area contributed by atoms with E-state index in [1.54, 1.807) is 25.1 Å². The molecule has 100 valence electrons. The van der Waals surface area contributed by atoms with Crippen LogP contribution in [0, 0.1) is 12.7 Å². The van der Waals surface area contributed by atoms with Gasteiger partial charge in [0, 0.05) is 18.2 Å². The van der Waals surface area contributed by atoms with Gasteiger partial charge in [-0.15, -0.1) is 0 Å². The summed E-state index contributed by atoms with van der Waals surface area (Å²) < 4.78 is 18.5. The molecule has 0 radical (unpaired) electrons. The van der Waals surface area contributed by atoms with Gasteiger partial charge in [-0.25, -0.2) is 14.4 Å². The van der Waals surface area contributed by atoms with Crippen LogP contribution < -0.4 is 0 Å². The smallest absolute Gasteiger partial charge is 0.156 e. The lowest BCUT2D eigenvalue weighted by atomic mass is 10.1. The van der Waals surface area contributed by atoms with E-state index in [1.807, 2.05) is 6.92 Å². The standard InChI is InChI=1S/C14H14ClFN2O/c1-3-19-8-14-17-12(7-13(15)18-14)10-4-5-11(16)9(2)6-10/h4-7H,3,8H2,1-2H3. The number of halogens is 2. The van der Waals surface area contributed by atoms with Gasteiger partial charge >= 0.3 is 0 Å². The number of nitrogens with zero attached hydrogens (tertiary/aromatic N) is 2. The van der Waals surface area contributed by atoms with Crippen molar-refractivity contribution in [1.82, 2.24) is 9.97 Å². The fourth-order valence-corrected chi connectivity index (χ4v) is 1.88. The van der Waals surface area contributed by atoms with Gasteiger partial charge in [0.15, 0.2) is 5.82 Å². The van der Waals surface area contributed by atoms with Gasteiger partial charge in [0.2, 0.25) is 0 Å². The molecule has 0 amide bonds. The zero-order chi connectivity index (χ0) is 13.8. The topological polar surface area (TPSA) is 35.0 Å². The fraction of sp³-hybridized carbons (Fsp3) is 0.286. The third-order valence-corrected chi connectivity index (χ3v) is 2.82. The van der Waals surface area contributed by atoms with E-state index in [2.05, 4.69) is 9.97 Å². The van der Waals surface area contributed by atoms with Crippen LogP contribution in [-0.2, 0) is 11.3 Å². The maximum atomic E-state index is 13.3. The number of hydrogen-bond donors (Lipinski definition) is 0. The van der Waals surface area contributed by atoms with E-state index in [4.69, 9.17) is 16.3 Å². The zero-order valence-electron chi connectivity index (χ0n) is 10.8. The Kier molecular flexibility index (Phi) is 4.45. The number of ether oxygens (including phenoxy) is 1. The van der Waals surface area contributed by atoms with Crippen LogP contribution >= 0.6 is 11.6 Å². The fourth-order valence-electron chi connectivity index (χ4n) is 1.67. The molecule has 0 aliphatic heterocycles. The normalized spacial score (nSPS) is 10.7. The molecule has 0 fully saturated rings. The lowest BCUT2D eigenvalue weighted by Gasteiger charge is -2.06. The highest BCUT2D eigenvalue weighted by Gasteiger charge is 2.07. The molecular formula is C14H14ClFN2O. The molecule has 0 spiro atoms. The molecule has 0 N–H and O–H groups in total. The van der Waals surface area contributed by atoms with E-state index >= 15 is 0 Å². The summed E-state index contributed by atoms with van der Waals surface area (Å²) in [5.41, 5.74) is 2.04. The molecule has 5 heteroatoms. The van der Waals surface area contributed by atoms with Crippen molar-refractivity contribution in [1.29, 1.82) is 0 Å². The van der Waals surface area contributed by atoms with Crippen molar-refractivity contribution in [3.05, 3.63) is 46.6 Å². The predicted molar refractivity (Wildman–Crippen MR) is 72.5 cm³/mol. The van der Waals surface area contributed by atoms with Gasteiger partial charge < -0.3 is 4.74 Å². The van der Waals surface area contributed by atoms with E-state index in [-0.39, 0.29) is 5.82 Å². The Labute approximate surface area is 116 Å². The van der Waals surface area contributed by atoms with E-state index in [9.17, 15) is 4.39 Å². The molecule has 0 atom stereocenters. The number of aromatic nitrogens is 2. The first-order valence-corrected chi connectivity index (χ1v) is 6.35. The van der Waals surface area contributed by atoms with E-state index in [0.29, 0.717) is 35.4 Å². The molecule has 1 aromatic carbocycles. The highest BCUT2D eigenvalue weighted by molar-refractivity contribution is 6.29. The van der Waals surface area contributed by atoms with Crippen LogP contribution in [0.3, 0.4) is 0 Å². The van der Waals surface area contributed by atoms with Crippen molar-refractivity contribution >= 4 is 11.6 Å².